The molecular formula is C12H19ClN2O4S2. The Morgan fingerprint density at radius 3 is 2.76 bits per heavy atom. The first kappa shape index (κ1) is 18.4. The predicted octanol–water partition coefficient (Wildman–Crippen LogP) is 1.33. The van der Waals surface area contributed by atoms with E-state index in [1.165, 1.54) is 17.5 Å². The third-order valence-electron chi connectivity index (χ3n) is 3.56. The number of nitrogens with zero attached hydrogens (tertiary/aromatic N) is 1. The lowest BCUT2D eigenvalue weighted by molar-refractivity contribution is 0.0602. The number of thiophene rings is 1. The molecule has 1 aromatic heterocycles. The first-order valence-corrected chi connectivity index (χ1v) is 8.62. The minimum atomic E-state index is -3.68. The standard InChI is InChI=1S/C12H18N2O4S2.ClH/c1-8-9(2)14(6-5-13-8)20(16,17)10-4-7-19-11(10)12(15)18-3;/h4,7-9,13H,5-6H2,1-3H3;1H. The summed E-state index contributed by atoms with van der Waals surface area (Å²) in [4.78, 5) is 11.8. The minimum Gasteiger partial charge on any atom is -0.465 e. The summed E-state index contributed by atoms with van der Waals surface area (Å²) in [6.45, 7) is 4.80. The molecule has 0 radical (unpaired) electrons. The van der Waals surface area contributed by atoms with Crippen molar-refractivity contribution in [3.8, 4) is 0 Å². The van der Waals surface area contributed by atoms with Crippen molar-refractivity contribution in [2.75, 3.05) is 20.2 Å². The summed E-state index contributed by atoms with van der Waals surface area (Å²) in [5.41, 5.74) is 0. The van der Waals surface area contributed by atoms with Crippen molar-refractivity contribution in [2.24, 2.45) is 0 Å². The summed E-state index contributed by atoms with van der Waals surface area (Å²) in [5, 5.41) is 4.83. The van der Waals surface area contributed by atoms with E-state index in [0.717, 1.165) is 11.3 Å². The number of halogens is 1. The van der Waals surface area contributed by atoms with Crippen LogP contribution in [0.2, 0.25) is 0 Å². The van der Waals surface area contributed by atoms with Gasteiger partial charge in [0.15, 0.2) is 0 Å². The smallest absolute Gasteiger partial charge is 0.349 e. The number of carbonyl (C=O) groups excluding carboxylic acids is 1. The van der Waals surface area contributed by atoms with Crippen LogP contribution in [0.3, 0.4) is 0 Å². The molecule has 1 aliphatic heterocycles. The second-order valence-electron chi connectivity index (χ2n) is 4.70. The number of hydrogen-bond donors (Lipinski definition) is 1. The molecule has 0 saturated carbocycles. The Labute approximate surface area is 134 Å². The number of hydrogen-bond acceptors (Lipinski definition) is 6. The van der Waals surface area contributed by atoms with Crippen molar-refractivity contribution in [3.63, 3.8) is 0 Å². The van der Waals surface area contributed by atoms with Crippen molar-refractivity contribution in [2.45, 2.75) is 30.8 Å². The van der Waals surface area contributed by atoms with Crippen LogP contribution in [0.5, 0.6) is 0 Å². The number of methoxy groups -OCH3 is 1. The summed E-state index contributed by atoms with van der Waals surface area (Å²) in [7, 11) is -2.44. The highest BCUT2D eigenvalue weighted by Gasteiger charge is 2.37. The molecule has 2 unspecified atom stereocenters. The molecule has 1 aliphatic rings. The van der Waals surface area contributed by atoms with Gasteiger partial charge in [0, 0.05) is 25.2 Å². The minimum absolute atomic E-state index is 0. The highest BCUT2D eigenvalue weighted by Crippen LogP contribution is 2.28. The highest BCUT2D eigenvalue weighted by atomic mass is 35.5. The van der Waals surface area contributed by atoms with Gasteiger partial charge in [-0.05, 0) is 25.3 Å². The van der Waals surface area contributed by atoms with Crippen molar-refractivity contribution in [3.05, 3.63) is 16.3 Å². The molecule has 6 nitrogen and oxygen atoms in total. The van der Waals surface area contributed by atoms with Gasteiger partial charge in [-0.25, -0.2) is 13.2 Å². The Morgan fingerprint density at radius 1 is 1.48 bits per heavy atom. The van der Waals surface area contributed by atoms with E-state index in [0.29, 0.717) is 13.1 Å². The quantitative estimate of drug-likeness (QED) is 0.829. The maximum Gasteiger partial charge on any atom is 0.349 e. The van der Waals surface area contributed by atoms with Crippen molar-refractivity contribution >= 4 is 39.7 Å². The van der Waals surface area contributed by atoms with E-state index >= 15 is 0 Å². The molecule has 2 atom stereocenters. The molecule has 0 amide bonds. The van der Waals surface area contributed by atoms with Crippen LogP contribution in [0.25, 0.3) is 0 Å². The zero-order chi connectivity index (χ0) is 14.9. The number of esters is 1. The largest absolute Gasteiger partial charge is 0.465 e. The van der Waals surface area contributed by atoms with Crippen LogP contribution in [-0.4, -0.2) is 51.0 Å². The molecule has 2 heterocycles. The summed E-state index contributed by atoms with van der Waals surface area (Å²) >= 11 is 1.08. The summed E-state index contributed by atoms with van der Waals surface area (Å²) in [5.74, 6) is -0.616. The third kappa shape index (κ3) is 3.40. The second-order valence-corrected chi connectivity index (χ2v) is 7.48. The molecule has 2 rings (SSSR count). The summed E-state index contributed by atoms with van der Waals surface area (Å²) in [6.07, 6.45) is 0. The average Bonchev–Trinajstić information content (AvgIpc) is 2.90. The zero-order valence-electron chi connectivity index (χ0n) is 12.0. The number of ether oxygens (including phenoxy) is 1. The predicted molar refractivity (Wildman–Crippen MR) is 83.7 cm³/mol. The van der Waals surface area contributed by atoms with Gasteiger partial charge in [0.05, 0.1) is 7.11 Å². The van der Waals surface area contributed by atoms with Gasteiger partial charge in [0.25, 0.3) is 0 Å². The van der Waals surface area contributed by atoms with Crippen LogP contribution in [0.1, 0.15) is 23.5 Å². The number of rotatable bonds is 3. The maximum atomic E-state index is 12.7. The van der Waals surface area contributed by atoms with Crippen LogP contribution in [0.15, 0.2) is 16.3 Å². The van der Waals surface area contributed by atoms with Crippen molar-refractivity contribution < 1.29 is 17.9 Å². The molecule has 0 bridgehead atoms. The highest BCUT2D eigenvalue weighted by molar-refractivity contribution is 7.89. The molecule has 1 aromatic rings. The number of sulfonamides is 1. The Hall–Kier alpha value is -0.670. The number of piperazine rings is 1. The molecule has 0 aliphatic carbocycles. The van der Waals surface area contributed by atoms with Crippen LogP contribution in [0.4, 0.5) is 0 Å². The van der Waals surface area contributed by atoms with Gasteiger partial charge < -0.3 is 10.1 Å². The van der Waals surface area contributed by atoms with E-state index in [1.807, 2.05) is 13.8 Å². The summed E-state index contributed by atoms with van der Waals surface area (Å²) in [6, 6.07) is 1.36. The third-order valence-corrected chi connectivity index (χ3v) is 6.62. The average molecular weight is 355 g/mol. The van der Waals surface area contributed by atoms with E-state index in [2.05, 4.69) is 10.1 Å². The van der Waals surface area contributed by atoms with E-state index < -0.39 is 16.0 Å². The number of nitrogens with one attached hydrogen (secondary N) is 1. The Balaban J connectivity index is 0.00000220. The van der Waals surface area contributed by atoms with Crippen molar-refractivity contribution in [1.82, 2.24) is 9.62 Å². The molecule has 120 valence electrons. The second kappa shape index (κ2) is 7.06. The molecule has 0 spiro atoms. The van der Waals surface area contributed by atoms with Gasteiger partial charge in [-0.15, -0.1) is 23.7 Å². The van der Waals surface area contributed by atoms with Gasteiger partial charge in [0.1, 0.15) is 9.77 Å². The van der Waals surface area contributed by atoms with Crippen LogP contribution in [-0.2, 0) is 14.8 Å². The van der Waals surface area contributed by atoms with Gasteiger partial charge in [0.2, 0.25) is 10.0 Å². The molecule has 1 saturated heterocycles. The molecular weight excluding hydrogens is 336 g/mol. The lowest BCUT2D eigenvalue weighted by atomic mass is 10.1. The van der Waals surface area contributed by atoms with E-state index in [-0.39, 0.29) is 34.3 Å². The monoisotopic (exact) mass is 354 g/mol. The lowest BCUT2D eigenvalue weighted by Gasteiger charge is -2.37. The Bertz CT molecular complexity index is 602. The van der Waals surface area contributed by atoms with Gasteiger partial charge >= 0.3 is 5.97 Å². The first-order valence-electron chi connectivity index (χ1n) is 6.30. The zero-order valence-corrected chi connectivity index (χ0v) is 14.5. The Morgan fingerprint density at radius 2 is 2.14 bits per heavy atom. The molecule has 21 heavy (non-hydrogen) atoms. The SMILES string of the molecule is COC(=O)c1sccc1S(=O)(=O)N1CCNC(C)C1C.Cl. The van der Waals surface area contributed by atoms with E-state index in [1.54, 1.807) is 5.38 Å². The van der Waals surface area contributed by atoms with Gasteiger partial charge in [-0.3, -0.25) is 0 Å². The van der Waals surface area contributed by atoms with Crippen LogP contribution in [0, 0.1) is 0 Å². The lowest BCUT2D eigenvalue weighted by Crippen LogP contribution is -2.57. The fraction of sp³-hybridized carbons (Fsp3) is 0.583. The maximum absolute atomic E-state index is 12.7. The first-order chi connectivity index (χ1) is 9.39. The van der Waals surface area contributed by atoms with E-state index in [9.17, 15) is 13.2 Å². The van der Waals surface area contributed by atoms with Gasteiger partial charge in [-0.2, -0.15) is 4.31 Å². The fourth-order valence-electron chi connectivity index (χ4n) is 2.23. The number of carbonyl (C=O) groups is 1. The van der Waals surface area contributed by atoms with Crippen molar-refractivity contribution in [1.29, 1.82) is 0 Å². The van der Waals surface area contributed by atoms with Crippen LogP contribution < -0.4 is 5.32 Å². The summed E-state index contributed by atoms with van der Waals surface area (Å²) < 4.78 is 31.6. The van der Waals surface area contributed by atoms with E-state index in [4.69, 9.17) is 0 Å². The Kier molecular flexibility index (Phi) is 6.18. The van der Waals surface area contributed by atoms with Crippen LogP contribution >= 0.6 is 23.7 Å². The molecule has 9 heteroatoms. The normalized spacial score (nSPS) is 23.4. The molecule has 0 aromatic carbocycles. The molecule has 1 N–H and O–H groups in total. The fourth-order valence-corrected chi connectivity index (χ4v) is 5.25. The van der Waals surface area contributed by atoms with Gasteiger partial charge in [-0.1, -0.05) is 0 Å². The molecule has 1 fully saturated rings. The topological polar surface area (TPSA) is 75.7 Å².